The summed E-state index contributed by atoms with van der Waals surface area (Å²) < 4.78 is 0. The van der Waals surface area contributed by atoms with Crippen molar-refractivity contribution in [1.82, 2.24) is 20.5 Å². The highest BCUT2D eigenvalue weighted by molar-refractivity contribution is 5.88. The summed E-state index contributed by atoms with van der Waals surface area (Å²) in [4.78, 5) is 29.6. The Kier molecular flexibility index (Phi) is 5.68. The lowest BCUT2D eigenvalue weighted by molar-refractivity contribution is -0.130. The molecule has 1 aliphatic heterocycles. The lowest BCUT2D eigenvalue weighted by Gasteiger charge is -2.23. The lowest BCUT2D eigenvalue weighted by atomic mass is 10.1. The largest absolute Gasteiger partial charge is 0.354 e. The molecule has 1 saturated heterocycles. The molecule has 1 fully saturated rings. The van der Waals surface area contributed by atoms with Crippen LogP contribution in [0.1, 0.15) is 24.8 Å². The van der Waals surface area contributed by atoms with Crippen LogP contribution in [0.25, 0.3) is 0 Å². The molecule has 1 atom stereocenters. The summed E-state index contributed by atoms with van der Waals surface area (Å²) in [5, 5.41) is 5.56. The van der Waals surface area contributed by atoms with Crippen LogP contribution in [-0.2, 0) is 16.1 Å². The minimum Gasteiger partial charge on any atom is -0.354 e. The third-order valence-corrected chi connectivity index (χ3v) is 3.52. The van der Waals surface area contributed by atoms with Crippen LogP contribution in [0, 0.1) is 0 Å². The van der Waals surface area contributed by atoms with Crippen LogP contribution in [0.4, 0.5) is 0 Å². The number of nitrogens with zero attached hydrogens (tertiary/aromatic N) is 2. The van der Waals surface area contributed by atoms with Crippen molar-refractivity contribution < 1.29 is 9.59 Å². The molecule has 1 unspecified atom stereocenters. The Bertz CT molecular complexity index is 478. The number of amides is 2. The zero-order chi connectivity index (χ0) is 15.1. The molecule has 2 heterocycles. The summed E-state index contributed by atoms with van der Waals surface area (Å²) in [6.07, 6.45) is 5.59. The third kappa shape index (κ3) is 5.15. The third-order valence-electron chi connectivity index (χ3n) is 3.52. The zero-order valence-electron chi connectivity index (χ0n) is 12.3. The highest BCUT2D eigenvalue weighted by Gasteiger charge is 2.23. The zero-order valence-corrected chi connectivity index (χ0v) is 12.3. The maximum absolute atomic E-state index is 11.9. The molecular weight excluding hydrogens is 268 g/mol. The van der Waals surface area contributed by atoms with Crippen LogP contribution in [0.3, 0.4) is 0 Å². The van der Waals surface area contributed by atoms with Gasteiger partial charge in [-0.15, -0.1) is 0 Å². The molecule has 6 heteroatoms. The van der Waals surface area contributed by atoms with Gasteiger partial charge >= 0.3 is 0 Å². The van der Waals surface area contributed by atoms with E-state index in [1.165, 1.54) is 0 Å². The van der Waals surface area contributed by atoms with Gasteiger partial charge in [0, 0.05) is 38.4 Å². The predicted molar refractivity (Wildman–Crippen MR) is 79.4 cm³/mol. The van der Waals surface area contributed by atoms with Crippen LogP contribution in [0.5, 0.6) is 0 Å². The van der Waals surface area contributed by atoms with E-state index in [0.717, 1.165) is 24.9 Å². The lowest BCUT2D eigenvalue weighted by Crippen LogP contribution is -2.50. The van der Waals surface area contributed by atoms with Crippen LogP contribution in [0.15, 0.2) is 24.5 Å². The van der Waals surface area contributed by atoms with Gasteiger partial charge in [0.1, 0.15) is 6.04 Å². The summed E-state index contributed by atoms with van der Waals surface area (Å²) in [5.74, 6) is -0.145. The first-order valence-corrected chi connectivity index (χ1v) is 7.29. The monoisotopic (exact) mass is 290 g/mol. The maximum Gasteiger partial charge on any atom is 0.242 e. The second-order valence-corrected chi connectivity index (χ2v) is 5.40. The second kappa shape index (κ2) is 7.73. The molecule has 2 amide bonds. The van der Waals surface area contributed by atoms with Gasteiger partial charge in [-0.1, -0.05) is 6.07 Å². The molecule has 21 heavy (non-hydrogen) atoms. The van der Waals surface area contributed by atoms with E-state index < -0.39 is 0 Å². The molecule has 0 spiro atoms. The number of hydrogen-bond donors (Lipinski definition) is 2. The summed E-state index contributed by atoms with van der Waals surface area (Å²) in [6.45, 7) is 2.11. The van der Waals surface area contributed by atoms with Crippen molar-refractivity contribution in [1.29, 1.82) is 0 Å². The average Bonchev–Trinajstić information content (AvgIpc) is 2.49. The van der Waals surface area contributed by atoms with Crippen molar-refractivity contribution >= 4 is 11.8 Å². The Hall–Kier alpha value is -1.95. The molecule has 114 valence electrons. The number of piperidine rings is 1. The van der Waals surface area contributed by atoms with Crippen molar-refractivity contribution in [3.8, 4) is 0 Å². The van der Waals surface area contributed by atoms with Crippen LogP contribution in [-0.4, -0.2) is 47.9 Å². The van der Waals surface area contributed by atoms with E-state index >= 15 is 0 Å². The summed E-state index contributed by atoms with van der Waals surface area (Å²) in [6, 6.07) is 3.54. The fraction of sp³-hybridized carbons (Fsp3) is 0.533. The van der Waals surface area contributed by atoms with Crippen molar-refractivity contribution in [2.24, 2.45) is 0 Å². The van der Waals surface area contributed by atoms with Crippen LogP contribution in [0.2, 0.25) is 0 Å². The molecule has 0 saturated carbocycles. The van der Waals surface area contributed by atoms with Crippen molar-refractivity contribution in [2.45, 2.75) is 31.8 Å². The average molecular weight is 290 g/mol. The summed E-state index contributed by atoms with van der Waals surface area (Å²) >= 11 is 0. The van der Waals surface area contributed by atoms with E-state index in [1.807, 2.05) is 25.4 Å². The first-order chi connectivity index (χ1) is 10.1. The summed E-state index contributed by atoms with van der Waals surface area (Å²) in [7, 11) is 1.97. The smallest absolute Gasteiger partial charge is 0.242 e. The maximum atomic E-state index is 11.9. The van der Waals surface area contributed by atoms with E-state index in [1.54, 1.807) is 6.20 Å². The molecule has 1 aromatic rings. The molecule has 1 aliphatic rings. The van der Waals surface area contributed by atoms with Gasteiger partial charge in [-0.2, -0.15) is 0 Å². The Morgan fingerprint density at radius 1 is 1.57 bits per heavy atom. The van der Waals surface area contributed by atoms with Crippen molar-refractivity contribution in [2.75, 3.05) is 20.1 Å². The van der Waals surface area contributed by atoms with Gasteiger partial charge in [0.2, 0.25) is 11.8 Å². The fourth-order valence-electron chi connectivity index (χ4n) is 2.35. The Morgan fingerprint density at radius 3 is 3.14 bits per heavy atom. The SMILES string of the molecule is CN(CCC(=O)NC1CCCNC1=O)Cc1cccnc1. The first kappa shape index (κ1) is 15.4. The number of nitrogens with one attached hydrogen (secondary N) is 2. The van der Waals surface area contributed by atoms with Crippen molar-refractivity contribution in [3.63, 3.8) is 0 Å². The summed E-state index contributed by atoms with van der Waals surface area (Å²) in [5.41, 5.74) is 1.12. The van der Waals surface area contributed by atoms with E-state index in [9.17, 15) is 9.59 Å². The van der Waals surface area contributed by atoms with Gasteiger partial charge in [-0.25, -0.2) is 0 Å². The van der Waals surface area contributed by atoms with E-state index in [2.05, 4.69) is 20.5 Å². The van der Waals surface area contributed by atoms with Gasteiger partial charge in [0.05, 0.1) is 0 Å². The molecule has 2 rings (SSSR count). The number of hydrogen-bond acceptors (Lipinski definition) is 4. The molecule has 1 aromatic heterocycles. The minimum absolute atomic E-state index is 0.0710. The Labute approximate surface area is 124 Å². The topological polar surface area (TPSA) is 74.3 Å². The van der Waals surface area contributed by atoms with Gasteiger partial charge in [-0.05, 0) is 31.5 Å². The van der Waals surface area contributed by atoms with Crippen LogP contribution >= 0.6 is 0 Å². The number of carbonyl (C=O) groups is 2. The molecule has 0 bridgehead atoms. The highest BCUT2D eigenvalue weighted by Crippen LogP contribution is 2.04. The Morgan fingerprint density at radius 2 is 2.43 bits per heavy atom. The number of rotatable bonds is 6. The number of aromatic nitrogens is 1. The first-order valence-electron chi connectivity index (χ1n) is 7.29. The molecular formula is C15H22N4O2. The fourth-order valence-corrected chi connectivity index (χ4v) is 2.35. The molecule has 0 radical (unpaired) electrons. The molecule has 0 aliphatic carbocycles. The van der Waals surface area contributed by atoms with Gasteiger partial charge in [0.25, 0.3) is 0 Å². The normalized spacial score (nSPS) is 18.4. The number of carbonyl (C=O) groups excluding carboxylic acids is 2. The minimum atomic E-state index is -0.366. The van der Waals surface area contributed by atoms with Crippen LogP contribution < -0.4 is 10.6 Å². The molecule has 6 nitrogen and oxygen atoms in total. The number of pyridine rings is 1. The second-order valence-electron chi connectivity index (χ2n) is 5.40. The van der Waals surface area contributed by atoms with Gasteiger partial charge in [0.15, 0.2) is 0 Å². The molecule has 0 aromatic carbocycles. The quantitative estimate of drug-likeness (QED) is 0.790. The van der Waals surface area contributed by atoms with Gasteiger partial charge < -0.3 is 15.5 Å². The Balaban J connectivity index is 1.69. The van der Waals surface area contributed by atoms with Gasteiger partial charge in [-0.3, -0.25) is 14.6 Å². The predicted octanol–water partition coefficient (Wildman–Crippen LogP) is 0.298. The standard InChI is InChI=1S/C15H22N4O2/c1-19(11-12-4-2-7-16-10-12)9-6-14(20)18-13-5-3-8-17-15(13)21/h2,4,7,10,13H,3,5-6,8-9,11H2,1H3,(H,17,21)(H,18,20). The van der Waals surface area contributed by atoms with E-state index in [4.69, 9.17) is 0 Å². The molecule has 2 N–H and O–H groups in total. The van der Waals surface area contributed by atoms with Crippen molar-refractivity contribution in [3.05, 3.63) is 30.1 Å². The van der Waals surface area contributed by atoms with E-state index in [0.29, 0.717) is 19.5 Å². The highest BCUT2D eigenvalue weighted by atomic mass is 16.2. The van der Waals surface area contributed by atoms with E-state index in [-0.39, 0.29) is 17.9 Å².